The summed E-state index contributed by atoms with van der Waals surface area (Å²) in [5.41, 5.74) is 3.93. The summed E-state index contributed by atoms with van der Waals surface area (Å²) in [5, 5.41) is 0. The minimum atomic E-state index is -1.16. The molecule has 0 amide bonds. The van der Waals surface area contributed by atoms with Gasteiger partial charge in [0.25, 0.3) is 0 Å². The van der Waals surface area contributed by atoms with Crippen molar-refractivity contribution in [1.82, 2.24) is 0 Å². The SMILES string of the molecule is CC1CCC([Si](C(C)C)(C(C)C)C(C)C)CC1. The molecule has 0 saturated heterocycles. The molecule has 1 saturated carbocycles. The number of hydrogen-bond acceptors (Lipinski definition) is 0. The third kappa shape index (κ3) is 2.80. The van der Waals surface area contributed by atoms with E-state index < -0.39 is 8.07 Å². The zero-order chi connectivity index (χ0) is 13.2. The lowest BCUT2D eigenvalue weighted by molar-refractivity contribution is 0.371. The van der Waals surface area contributed by atoms with Crippen LogP contribution in [-0.2, 0) is 0 Å². The van der Waals surface area contributed by atoms with Gasteiger partial charge in [0.15, 0.2) is 0 Å². The molecule has 1 heteroatoms. The van der Waals surface area contributed by atoms with Gasteiger partial charge >= 0.3 is 0 Å². The maximum Gasteiger partial charge on any atom is 0.0643 e. The molecule has 0 spiro atoms. The van der Waals surface area contributed by atoms with Crippen molar-refractivity contribution in [3.8, 4) is 0 Å². The van der Waals surface area contributed by atoms with Gasteiger partial charge in [0.2, 0.25) is 0 Å². The van der Waals surface area contributed by atoms with Crippen LogP contribution >= 0.6 is 0 Å². The molecule has 0 heterocycles. The Bertz CT molecular complexity index is 200. The van der Waals surface area contributed by atoms with Crippen LogP contribution in [0, 0.1) is 5.92 Å². The summed E-state index contributed by atoms with van der Waals surface area (Å²) >= 11 is 0. The van der Waals surface area contributed by atoms with Gasteiger partial charge in [-0.2, -0.15) is 0 Å². The van der Waals surface area contributed by atoms with Crippen molar-refractivity contribution >= 4 is 8.07 Å². The summed E-state index contributed by atoms with van der Waals surface area (Å²) in [7, 11) is -1.16. The van der Waals surface area contributed by atoms with Crippen LogP contribution in [0.5, 0.6) is 0 Å². The second-order valence-electron chi connectivity index (χ2n) is 7.42. The van der Waals surface area contributed by atoms with Crippen LogP contribution in [0.1, 0.15) is 74.1 Å². The molecule has 102 valence electrons. The maximum absolute atomic E-state index is 2.52. The Morgan fingerprint density at radius 3 is 1.35 bits per heavy atom. The summed E-state index contributed by atoms with van der Waals surface area (Å²) in [6.45, 7) is 17.6. The average molecular weight is 255 g/mol. The fraction of sp³-hybridized carbons (Fsp3) is 1.00. The van der Waals surface area contributed by atoms with Gasteiger partial charge in [-0.1, -0.05) is 90.8 Å². The van der Waals surface area contributed by atoms with E-state index >= 15 is 0 Å². The first-order valence-corrected chi connectivity index (χ1v) is 10.1. The predicted octanol–water partition coefficient (Wildman–Crippen LogP) is 6.25. The number of hydrogen-bond donors (Lipinski definition) is 0. The van der Waals surface area contributed by atoms with Crippen molar-refractivity contribution in [2.24, 2.45) is 5.92 Å². The Kier molecular flexibility index (Phi) is 5.31. The third-order valence-corrected chi connectivity index (χ3v) is 13.7. The van der Waals surface area contributed by atoms with E-state index in [0.29, 0.717) is 0 Å². The van der Waals surface area contributed by atoms with Crippen LogP contribution in [0.25, 0.3) is 0 Å². The topological polar surface area (TPSA) is 0 Å². The van der Waals surface area contributed by atoms with Gasteiger partial charge < -0.3 is 0 Å². The van der Waals surface area contributed by atoms with Crippen LogP contribution in [-0.4, -0.2) is 8.07 Å². The Hall–Kier alpha value is 0.217. The monoisotopic (exact) mass is 254 g/mol. The molecule has 0 nitrogen and oxygen atoms in total. The average Bonchev–Trinajstić information content (AvgIpc) is 2.20. The Morgan fingerprint density at radius 2 is 1.06 bits per heavy atom. The predicted molar refractivity (Wildman–Crippen MR) is 82.4 cm³/mol. The van der Waals surface area contributed by atoms with Crippen LogP contribution < -0.4 is 0 Å². The zero-order valence-electron chi connectivity index (χ0n) is 13.2. The highest BCUT2D eigenvalue weighted by molar-refractivity contribution is 6.84. The standard InChI is InChI=1S/C16H34Si/c1-12(2)17(13(3)4,14(5)6)16-10-8-15(7)9-11-16/h12-16H,8-11H2,1-7H3. The van der Waals surface area contributed by atoms with Gasteiger partial charge in [-0.3, -0.25) is 0 Å². The Balaban J connectivity index is 2.96. The first kappa shape index (κ1) is 15.3. The molecule has 0 aromatic rings. The van der Waals surface area contributed by atoms with E-state index in [1.807, 2.05) is 0 Å². The minimum Gasteiger partial charge on any atom is -0.0651 e. The molecule has 0 radical (unpaired) electrons. The highest BCUT2D eigenvalue weighted by atomic mass is 28.3. The van der Waals surface area contributed by atoms with Gasteiger partial charge in [-0.25, -0.2) is 0 Å². The lowest BCUT2D eigenvalue weighted by Crippen LogP contribution is -2.49. The molecule has 0 atom stereocenters. The van der Waals surface area contributed by atoms with Crippen LogP contribution in [0.2, 0.25) is 22.2 Å². The second kappa shape index (κ2) is 5.91. The van der Waals surface area contributed by atoms with Crippen LogP contribution in [0.15, 0.2) is 0 Å². The molecule has 0 bridgehead atoms. The zero-order valence-corrected chi connectivity index (χ0v) is 14.2. The summed E-state index contributed by atoms with van der Waals surface area (Å²) in [5.74, 6) is 0.990. The molecule has 0 aromatic carbocycles. The molecule has 1 aliphatic carbocycles. The molecule has 0 N–H and O–H groups in total. The molecule has 1 rings (SSSR count). The first-order chi connectivity index (χ1) is 7.83. The maximum atomic E-state index is 2.52. The molecule has 0 aliphatic heterocycles. The van der Waals surface area contributed by atoms with Crippen molar-refractivity contribution in [3.05, 3.63) is 0 Å². The van der Waals surface area contributed by atoms with Gasteiger partial charge in [0.05, 0.1) is 8.07 Å². The quantitative estimate of drug-likeness (QED) is 0.520. The fourth-order valence-electron chi connectivity index (χ4n) is 5.17. The van der Waals surface area contributed by atoms with Gasteiger partial charge in [-0.15, -0.1) is 0 Å². The molecule has 1 fully saturated rings. The third-order valence-electron chi connectivity index (χ3n) is 5.72. The van der Waals surface area contributed by atoms with Crippen molar-refractivity contribution < 1.29 is 0 Å². The van der Waals surface area contributed by atoms with E-state index in [9.17, 15) is 0 Å². The van der Waals surface area contributed by atoms with Gasteiger partial charge in [0, 0.05) is 0 Å². The van der Waals surface area contributed by atoms with Crippen molar-refractivity contribution in [2.75, 3.05) is 0 Å². The van der Waals surface area contributed by atoms with Crippen molar-refractivity contribution in [2.45, 2.75) is 96.3 Å². The summed E-state index contributed by atoms with van der Waals surface area (Å²) in [6, 6.07) is 0. The fourth-order valence-corrected chi connectivity index (χ4v) is 13.3. The smallest absolute Gasteiger partial charge is 0.0643 e. The van der Waals surface area contributed by atoms with E-state index in [2.05, 4.69) is 48.5 Å². The lowest BCUT2D eigenvalue weighted by Gasteiger charge is -2.51. The number of rotatable bonds is 4. The molecule has 0 unspecified atom stereocenters. The summed E-state index contributed by atoms with van der Waals surface area (Å²) in [4.78, 5) is 0. The van der Waals surface area contributed by atoms with Gasteiger partial charge in [0.1, 0.15) is 0 Å². The highest BCUT2D eigenvalue weighted by Gasteiger charge is 2.48. The second-order valence-corrected chi connectivity index (χ2v) is 13.7. The Morgan fingerprint density at radius 1 is 0.706 bits per heavy atom. The lowest BCUT2D eigenvalue weighted by atomic mass is 9.90. The van der Waals surface area contributed by atoms with Crippen molar-refractivity contribution in [3.63, 3.8) is 0 Å². The highest BCUT2D eigenvalue weighted by Crippen LogP contribution is 2.54. The normalized spacial score (nSPS) is 27.2. The first-order valence-electron chi connectivity index (χ1n) is 7.83. The molecule has 1 aliphatic rings. The van der Waals surface area contributed by atoms with E-state index in [1.165, 1.54) is 25.7 Å². The molecular weight excluding hydrogens is 220 g/mol. The Labute approximate surface area is 111 Å². The van der Waals surface area contributed by atoms with E-state index in [4.69, 9.17) is 0 Å². The van der Waals surface area contributed by atoms with Crippen LogP contribution in [0.4, 0.5) is 0 Å². The minimum absolute atomic E-state index is 0.945. The van der Waals surface area contributed by atoms with E-state index in [1.54, 1.807) is 0 Å². The molecule has 17 heavy (non-hydrogen) atoms. The summed E-state index contributed by atoms with van der Waals surface area (Å²) < 4.78 is 0. The van der Waals surface area contributed by atoms with E-state index in [0.717, 1.165) is 28.1 Å². The molecule has 0 aromatic heterocycles. The largest absolute Gasteiger partial charge is 0.0651 e. The van der Waals surface area contributed by atoms with Gasteiger partial charge in [-0.05, 0) is 11.5 Å². The van der Waals surface area contributed by atoms with E-state index in [-0.39, 0.29) is 0 Å². The molecular formula is C16H34Si. The van der Waals surface area contributed by atoms with Crippen molar-refractivity contribution in [1.29, 1.82) is 0 Å². The summed E-state index contributed by atoms with van der Waals surface area (Å²) in [6.07, 6.45) is 6.04. The van der Waals surface area contributed by atoms with Crippen LogP contribution in [0.3, 0.4) is 0 Å².